The van der Waals surface area contributed by atoms with E-state index in [4.69, 9.17) is 0 Å². The molecule has 1 aliphatic rings. The van der Waals surface area contributed by atoms with Gasteiger partial charge < -0.3 is 15.1 Å². The van der Waals surface area contributed by atoms with E-state index in [1.165, 1.54) is 0 Å². The number of phenolic OH excluding ortho intramolecular Hbond substituents is 1. The molecule has 2 rings (SSSR count). The predicted octanol–water partition coefficient (Wildman–Crippen LogP) is 2.06. The number of carbonyl (C=O) groups excluding carboxylic acids is 1. The number of hydrogen-bond acceptors (Lipinski definition) is 3. The molecule has 1 saturated heterocycles. The Morgan fingerprint density at radius 3 is 2.29 bits per heavy atom. The number of piperidine rings is 1. The number of nitrogens with zero attached hydrogens (tertiary/aromatic N) is 1. The zero-order valence-electron chi connectivity index (χ0n) is 10.8. The number of amides is 1. The molecule has 1 aliphatic heterocycles. The molecule has 0 radical (unpaired) electrons. The second-order valence-corrected chi connectivity index (χ2v) is 4.98. The van der Waals surface area contributed by atoms with Crippen molar-refractivity contribution < 1.29 is 32.6 Å². The largest absolute Gasteiger partial charge is 0.507 e. The summed E-state index contributed by atoms with van der Waals surface area (Å²) >= 11 is 0. The molecule has 0 atom stereocenters. The van der Waals surface area contributed by atoms with Crippen LogP contribution in [0.25, 0.3) is 0 Å². The Kier molecular flexibility index (Phi) is 3.83. The van der Waals surface area contributed by atoms with E-state index >= 15 is 0 Å². The van der Waals surface area contributed by atoms with Gasteiger partial charge in [0.15, 0.2) is 5.60 Å². The number of alkyl halides is 3. The summed E-state index contributed by atoms with van der Waals surface area (Å²) in [4.78, 5) is 13.2. The highest BCUT2D eigenvalue weighted by Crippen LogP contribution is 2.38. The Morgan fingerprint density at radius 1 is 1.24 bits per heavy atom. The van der Waals surface area contributed by atoms with E-state index in [9.17, 15) is 32.6 Å². The maximum atomic E-state index is 12.8. The molecule has 116 valence electrons. The average Bonchev–Trinajstić information content (AvgIpc) is 2.37. The first kappa shape index (κ1) is 15.6. The van der Waals surface area contributed by atoms with Crippen LogP contribution in [-0.4, -0.2) is 45.9 Å². The van der Waals surface area contributed by atoms with Gasteiger partial charge in [-0.2, -0.15) is 13.2 Å². The molecule has 1 aromatic rings. The molecule has 4 nitrogen and oxygen atoms in total. The number of halogens is 4. The first-order valence-corrected chi connectivity index (χ1v) is 6.21. The maximum Gasteiger partial charge on any atom is 0.417 e. The lowest BCUT2D eigenvalue weighted by Gasteiger charge is -2.39. The Hall–Kier alpha value is -1.83. The second-order valence-electron chi connectivity index (χ2n) is 4.98. The summed E-state index contributed by atoms with van der Waals surface area (Å²) < 4.78 is 50.8. The molecule has 2 N–H and O–H groups in total. The first-order chi connectivity index (χ1) is 9.64. The fourth-order valence-electron chi connectivity index (χ4n) is 2.22. The third kappa shape index (κ3) is 2.94. The normalized spacial score (nSPS) is 18.6. The molecule has 1 fully saturated rings. The van der Waals surface area contributed by atoms with Gasteiger partial charge in [-0.3, -0.25) is 4.79 Å². The summed E-state index contributed by atoms with van der Waals surface area (Å²) in [5, 5.41) is 19.0. The second kappa shape index (κ2) is 5.18. The van der Waals surface area contributed by atoms with Crippen LogP contribution in [0.2, 0.25) is 0 Å². The van der Waals surface area contributed by atoms with Crippen LogP contribution in [0.4, 0.5) is 17.6 Å². The highest BCUT2D eigenvalue weighted by Gasteiger charge is 2.54. The molecule has 21 heavy (non-hydrogen) atoms. The van der Waals surface area contributed by atoms with Gasteiger partial charge in [0.25, 0.3) is 5.91 Å². The number of carbonyl (C=O) groups is 1. The number of likely N-dealkylation sites (tertiary alicyclic amines) is 1. The van der Waals surface area contributed by atoms with Crippen molar-refractivity contribution in [2.24, 2.45) is 0 Å². The predicted molar refractivity (Wildman–Crippen MR) is 64.2 cm³/mol. The summed E-state index contributed by atoms with van der Waals surface area (Å²) in [5.74, 6) is -2.00. The van der Waals surface area contributed by atoms with Gasteiger partial charge in [0.05, 0.1) is 5.56 Å². The van der Waals surface area contributed by atoms with Gasteiger partial charge in [0.2, 0.25) is 0 Å². The van der Waals surface area contributed by atoms with E-state index < -0.39 is 42.1 Å². The summed E-state index contributed by atoms with van der Waals surface area (Å²) in [6, 6.07) is 2.80. The van der Waals surface area contributed by atoms with Gasteiger partial charge in [-0.05, 0) is 12.1 Å². The minimum absolute atomic E-state index is 0.186. The molecule has 0 unspecified atom stereocenters. The smallest absolute Gasteiger partial charge is 0.417 e. The van der Waals surface area contributed by atoms with Gasteiger partial charge in [-0.1, -0.05) is 0 Å². The number of aromatic hydroxyl groups is 1. The Balaban J connectivity index is 2.10. The molecule has 0 bridgehead atoms. The number of rotatable bonds is 1. The maximum absolute atomic E-state index is 12.8. The lowest BCUT2D eigenvalue weighted by Crippen LogP contribution is -2.54. The molecule has 0 aliphatic carbocycles. The molecule has 0 saturated carbocycles. The third-order valence-corrected chi connectivity index (χ3v) is 3.60. The number of hydrogen-bond donors (Lipinski definition) is 2. The van der Waals surface area contributed by atoms with Crippen molar-refractivity contribution in [3.63, 3.8) is 0 Å². The zero-order chi connectivity index (χ0) is 15.8. The SMILES string of the molecule is O=C(c1ccc(F)cc1O)N1CCC(O)(C(F)(F)F)CC1. The summed E-state index contributed by atoms with van der Waals surface area (Å²) in [6.45, 7) is -0.600. The van der Waals surface area contributed by atoms with Gasteiger partial charge in [0.1, 0.15) is 11.6 Å². The average molecular weight is 307 g/mol. The molecule has 8 heteroatoms. The van der Waals surface area contributed by atoms with Crippen LogP contribution >= 0.6 is 0 Å². The highest BCUT2D eigenvalue weighted by atomic mass is 19.4. The highest BCUT2D eigenvalue weighted by molar-refractivity contribution is 5.96. The molecule has 1 aromatic carbocycles. The van der Waals surface area contributed by atoms with Crippen LogP contribution in [-0.2, 0) is 0 Å². The number of benzene rings is 1. The minimum Gasteiger partial charge on any atom is -0.507 e. The molecule has 0 aromatic heterocycles. The molecule has 1 heterocycles. The fourth-order valence-corrected chi connectivity index (χ4v) is 2.22. The van der Waals surface area contributed by atoms with Crippen molar-refractivity contribution >= 4 is 5.91 Å². The molecular formula is C13H13F4NO3. The Morgan fingerprint density at radius 2 is 1.81 bits per heavy atom. The Labute approximate surface area is 117 Å². The number of phenols is 1. The lowest BCUT2D eigenvalue weighted by molar-refractivity contribution is -0.271. The van der Waals surface area contributed by atoms with Gasteiger partial charge in [-0.15, -0.1) is 0 Å². The van der Waals surface area contributed by atoms with Crippen molar-refractivity contribution in [3.05, 3.63) is 29.6 Å². The van der Waals surface area contributed by atoms with Crippen LogP contribution in [0.3, 0.4) is 0 Å². The molecule has 0 spiro atoms. The van der Waals surface area contributed by atoms with Crippen LogP contribution in [0.15, 0.2) is 18.2 Å². The lowest BCUT2D eigenvalue weighted by atomic mass is 9.90. The summed E-state index contributed by atoms with van der Waals surface area (Å²) in [5.41, 5.74) is -2.98. The van der Waals surface area contributed by atoms with E-state index in [1.54, 1.807) is 0 Å². The van der Waals surface area contributed by atoms with Crippen molar-refractivity contribution in [1.29, 1.82) is 0 Å². The van der Waals surface area contributed by atoms with Crippen molar-refractivity contribution in [1.82, 2.24) is 4.90 Å². The summed E-state index contributed by atoms with van der Waals surface area (Å²) in [7, 11) is 0. The monoisotopic (exact) mass is 307 g/mol. The van der Waals surface area contributed by atoms with Crippen molar-refractivity contribution in [3.8, 4) is 5.75 Å². The Bertz CT molecular complexity index is 551. The van der Waals surface area contributed by atoms with Crippen LogP contribution < -0.4 is 0 Å². The first-order valence-electron chi connectivity index (χ1n) is 6.21. The van der Waals surface area contributed by atoms with E-state index in [-0.39, 0.29) is 18.7 Å². The van der Waals surface area contributed by atoms with Crippen LogP contribution in [0.5, 0.6) is 5.75 Å². The third-order valence-electron chi connectivity index (χ3n) is 3.60. The minimum atomic E-state index is -4.75. The topological polar surface area (TPSA) is 60.8 Å². The molecular weight excluding hydrogens is 294 g/mol. The quantitative estimate of drug-likeness (QED) is 0.781. The van der Waals surface area contributed by atoms with E-state index in [2.05, 4.69) is 0 Å². The van der Waals surface area contributed by atoms with Gasteiger partial charge >= 0.3 is 6.18 Å². The summed E-state index contributed by atoms with van der Waals surface area (Å²) in [6.07, 6.45) is -6.02. The van der Waals surface area contributed by atoms with Crippen molar-refractivity contribution in [2.45, 2.75) is 24.6 Å². The van der Waals surface area contributed by atoms with E-state index in [0.29, 0.717) is 0 Å². The standard InChI is InChI=1S/C13H13F4NO3/c14-8-1-2-9(10(19)7-8)11(20)18-5-3-12(21,4-6-18)13(15,16)17/h1-2,7,19,21H,3-6H2. The van der Waals surface area contributed by atoms with Crippen molar-refractivity contribution in [2.75, 3.05) is 13.1 Å². The van der Waals surface area contributed by atoms with Gasteiger partial charge in [0, 0.05) is 32.0 Å². The fraction of sp³-hybridized carbons (Fsp3) is 0.462. The van der Waals surface area contributed by atoms with Gasteiger partial charge in [-0.25, -0.2) is 4.39 Å². The van der Waals surface area contributed by atoms with Crippen LogP contribution in [0, 0.1) is 5.82 Å². The zero-order valence-corrected chi connectivity index (χ0v) is 10.8. The van der Waals surface area contributed by atoms with E-state index in [0.717, 1.165) is 23.1 Å². The van der Waals surface area contributed by atoms with E-state index in [1.807, 2.05) is 0 Å². The van der Waals surface area contributed by atoms with Crippen LogP contribution in [0.1, 0.15) is 23.2 Å². The number of aliphatic hydroxyl groups is 1. The molecule has 1 amide bonds.